The van der Waals surface area contributed by atoms with Crippen molar-refractivity contribution in [3.63, 3.8) is 0 Å². The second kappa shape index (κ2) is 12.1. The molecular formula is C32H35FN6O4. The van der Waals surface area contributed by atoms with Crippen LogP contribution in [0.25, 0.3) is 11.3 Å². The smallest absolute Gasteiger partial charge is 0.290 e. The van der Waals surface area contributed by atoms with Crippen LogP contribution in [-0.2, 0) is 17.3 Å². The predicted molar refractivity (Wildman–Crippen MR) is 164 cm³/mol. The third-order valence-corrected chi connectivity index (χ3v) is 7.04. The predicted octanol–water partition coefficient (Wildman–Crippen LogP) is 4.70. The van der Waals surface area contributed by atoms with E-state index in [-0.39, 0.29) is 16.8 Å². The molecule has 0 fully saturated rings. The molecule has 10 nitrogen and oxygen atoms in total. The Kier molecular flexibility index (Phi) is 8.77. The van der Waals surface area contributed by atoms with E-state index >= 15 is 0 Å². The highest BCUT2D eigenvalue weighted by atomic mass is 19.1. The lowest BCUT2D eigenvalue weighted by Crippen LogP contribution is -2.28. The van der Waals surface area contributed by atoms with Crippen molar-refractivity contribution in [3.05, 3.63) is 99.2 Å². The minimum absolute atomic E-state index is 0.00986. The fourth-order valence-electron chi connectivity index (χ4n) is 4.41. The fourth-order valence-corrected chi connectivity index (χ4v) is 4.41. The molecule has 1 atom stereocenters. The van der Waals surface area contributed by atoms with E-state index in [1.165, 1.54) is 62.6 Å². The summed E-state index contributed by atoms with van der Waals surface area (Å²) in [6.45, 7) is 7.90. The van der Waals surface area contributed by atoms with Crippen molar-refractivity contribution in [1.29, 1.82) is 0 Å². The molecule has 4 aromatic rings. The summed E-state index contributed by atoms with van der Waals surface area (Å²) in [5, 5.41) is 20.2. The third kappa shape index (κ3) is 6.78. The van der Waals surface area contributed by atoms with E-state index in [1.54, 1.807) is 19.1 Å². The van der Waals surface area contributed by atoms with Gasteiger partial charge in [0.25, 0.3) is 17.4 Å². The van der Waals surface area contributed by atoms with E-state index in [4.69, 9.17) is 0 Å². The van der Waals surface area contributed by atoms with Crippen molar-refractivity contribution in [2.45, 2.75) is 39.2 Å². The van der Waals surface area contributed by atoms with E-state index in [0.29, 0.717) is 33.8 Å². The van der Waals surface area contributed by atoms with Gasteiger partial charge in [-0.25, -0.2) is 14.1 Å². The molecule has 224 valence electrons. The topological polar surface area (TPSA) is 129 Å². The van der Waals surface area contributed by atoms with Crippen LogP contribution in [0, 0.1) is 12.7 Å². The van der Waals surface area contributed by atoms with Gasteiger partial charge in [0.05, 0.1) is 11.4 Å². The SMILES string of the molecule is Cc1c(-c2cc(Nc3ccc(C(O)C(=O)N(C)C)cn3)c(=O)n(C)n2)ccc(F)c1NC(=O)c1ccc(C(C)(C)C)cc1. The zero-order valence-electron chi connectivity index (χ0n) is 25.2. The lowest BCUT2D eigenvalue weighted by Gasteiger charge is -2.19. The molecule has 0 bridgehead atoms. The van der Waals surface area contributed by atoms with Gasteiger partial charge in [-0.15, -0.1) is 0 Å². The Morgan fingerprint density at radius 3 is 2.30 bits per heavy atom. The molecule has 2 aromatic carbocycles. The number of benzene rings is 2. The number of nitrogens with zero attached hydrogens (tertiary/aromatic N) is 4. The molecule has 4 rings (SSSR count). The van der Waals surface area contributed by atoms with Gasteiger partial charge < -0.3 is 20.6 Å². The Labute approximate surface area is 249 Å². The molecular weight excluding hydrogens is 551 g/mol. The fraction of sp³-hybridized carbons (Fsp3) is 0.281. The number of anilines is 3. The number of pyridine rings is 1. The summed E-state index contributed by atoms with van der Waals surface area (Å²) in [6, 6.07) is 14.5. The first-order chi connectivity index (χ1) is 20.2. The Hall–Kier alpha value is -4.90. The van der Waals surface area contributed by atoms with Gasteiger partial charge in [0.15, 0.2) is 6.10 Å². The molecule has 0 saturated heterocycles. The number of likely N-dealkylation sites (N-methyl/N-ethyl adjacent to an activating group) is 1. The van der Waals surface area contributed by atoms with Gasteiger partial charge in [-0.2, -0.15) is 5.10 Å². The summed E-state index contributed by atoms with van der Waals surface area (Å²) in [5.74, 6) is -1.26. The maximum atomic E-state index is 15.0. The van der Waals surface area contributed by atoms with Crippen LogP contribution in [0.1, 0.15) is 53.9 Å². The summed E-state index contributed by atoms with van der Waals surface area (Å²) in [4.78, 5) is 43.5. The van der Waals surface area contributed by atoms with Crippen molar-refractivity contribution in [3.8, 4) is 11.3 Å². The third-order valence-electron chi connectivity index (χ3n) is 7.04. The zero-order valence-corrected chi connectivity index (χ0v) is 25.2. The molecule has 3 N–H and O–H groups in total. The number of amides is 2. The minimum atomic E-state index is -1.36. The highest BCUT2D eigenvalue weighted by molar-refractivity contribution is 6.05. The largest absolute Gasteiger partial charge is 0.378 e. The number of aliphatic hydroxyl groups excluding tert-OH is 1. The molecule has 0 radical (unpaired) electrons. The molecule has 2 aromatic heterocycles. The monoisotopic (exact) mass is 586 g/mol. The first-order valence-corrected chi connectivity index (χ1v) is 13.6. The van der Waals surface area contributed by atoms with Crippen molar-refractivity contribution < 1.29 is 19.1 Å². The van der Waals surface area contributed by atoms with Gasteiger partial charge in [0.2, 0.25) is 0 Å². The average molecular weight is 587 g/mol. The van der Waals surface area contributed by atoms with Gasteiger partial charge >= 0.3 is 0 Å². The number of halogens is 1. The average Bonchev–Trinajstić information content (AvgIpc) is 2.96. The van der Waals surface area contributed by atoms with E-state index in [0.717, 1.165) is 10.2 Å². The maximum Gasteiger partial charge on any atom is 0.290 e. The number of carbonyl (C=O) groups excluding carboxylic acids is 2. The van der Waals surface area contributed by atoms with Crippen LogP contribution in [0.15, 0.2) is 65.6 Å². The number of hydrogen-bond acceptors (Lipinski definition) is 7. The minimum Gasteiger partial charge on any atom is -0.378 e. The highest BCUT2D eigenvalue weighted by Gasteiger charge is 2.21. The van der Waals surface area contributed by atoms with Crippen molar-refractivity contribution >= 4 is 29.0 Å². The molecule has 0 aliphatic heterocycles. The Balaban J connectivity index is 1.62. The van der Waals surface area contributed by atoms with Crippen LogP contribution in [0.2, 0.25) is 0 Å². The number of hydrogen-bond donors (Lipinski definition) is 3. The lowest BCUT2D eigenvalue weighted by molar-refractivity contribution is -0.137. The van der Waals surface area contributed by atoms with Crippen LogP contribution in [0.4, 0.5) is 21.6 Å². The molecule has 0 aliphatic rings. The Morgan fingerprint density at radius 1 is 1.05 bits per heavy atom. The summed E-state index contributed by atoms with van der Waals surface area (Å²) in [6.07, 6.45) is -0.0209. The highest BCUT2D eigenvalue weighted by Crippen LogP contribution is 2.31. The maximum absolute atomic E-state index is 15.0. The number of aryl methyl sites for hydroxylation is 1. The number of aromatic nitrogens is 3. The van der Waals surface area contributed by atoms with E-state index in [2.05, 4.69) is 41.5 Å². The first-order valence-electron chi connectivity index (χ1n) is 13.6. The van der Waals surface area contributed by atoms with Crippen molar-refractivity contribution in [2.24, 2.45) is 7.05 Å². The van der Waals surface area contributed by atoms with Crippen molar-refractivity contribution in [1.82, 2.24) is 19.7 Å². The van der Waals surface area contributed by atoms with Gasteiger partial charge in [-0.3, -0.25) is 14.4 Å². The second-order valence-electron chi connectivity index (χ2n) is 11.5. The van der Waals surface area contributed by atoms with Crippen LogP contribution in [0.3, 0.4) is 0 Å². The number of rotatable bonds is 7. The molecule has 11 heteroatoms. The summed E-state index contributed by atoms with van der Waals surface area (Å²) in [5.41, 5.74) is 2.70. The molecule has 2 amide bonds. The summed E-state index contributed by atoms with van der Waals surface area (Å²) >= 11 is 0. The van der Waals surface area contributed by atoms with E-state index in [9.17, 15) is 23.9 Å². The van der Waals surface area contributed by atoms with Crippen LogP contribution in [-0.4, -0.2) is 50.7 Å². The normalized spacial score (nSPS) is 12.0. The van der Waals surface area contributed by atoms with Gasteiger partial charge in [0.1, 0.15) is 17.3 Å². The molecule has 0 spiro atoms. The second-order valence-corrected chi connectivity index (χ2v) is 11.5. The summed E-state index contributed by atoms with van der Waals surface area (Å²) < 4.78 is 16.1. The molecule has 43 heavy (non-hydrogen) atoms. The van der Waals surface area contributed by atoms with Gasteiger partial charge in [-0.1, -0.05) is 39.0 Å². The van der Waals surface area contributed by atoms with Crippen LogP contribution in [0.5, 0.6) is 0 Å². The Bertz CT molecular complexity index is 1730. The zero-order chi connectivity index (χ0) is 31.6. The molecule has 0 saturated carbocycles. The van der Waals surface area contributed by atoms with E-state index < -0.39 is 29.3 Å². The lowest BCUT2D eigenvalue weighted by atomic mass is 9.86. The number of aliphatic hydroxyl groups is 1. The summed E-state index contributed by atoms with van der Waals surface area (Å²) in [7, 11) is 4.56. The number of carbonyl (C=O) groups is 2. The van der Waals surface area contributed by atoms with E-state index in [1.807, 2.05) is 12.1 Å². The standard InChI is InChI=1S/C32H35FN6O4/c1-18-22(13-14-23(33)27(18)36-29(41)19-8-11-21(12-9-19)32(2,3)4)24-16-25(30(42)39(7)37-24)35-26-15-10-20(17-34-26)28(40)31(43)38(5)6/h8-17,28,40H,1-7H3,(H,34,35)(H,36,41). The van der Waals surface area contributed by atoms with Crippen LogP contribution >= 0.6 is 0 Å². The van der Waals surface area contributed by atoms with Gasteiger partial charge in [0, 0.05) is 44.0 Å². The molecule has 2 heterocycles. The Morgan fingerprint density at radius 2 is 1.72 bits per heavy atom. The quantitative estimate of drug-likeness (QED) is 0.286. The first kappa shape index (κ1) is 31.0. The van der Waals surface area contributed by atoms with Crippen molar-refractivity contribution in [2.75, 3.05) is 24.7 Å². The molecule has 0 aliphatic carbocycles. The van der Waals surface area contributed by atoms with Gasteiger partial charge in [-0.05, 0) is 59.9 Å². The number of nitrogens with one attached hydrogen (secondary N) is 2. The van der Waals surface area contributed by atoms with Crippen LogP contribution < -0.4 is 16.2 Å². The molecule has 1 unspecified atom stereocenters.